The molecule has 0 saturated carbocycles. The van der Waals surface area contributed by atoms with Crippen molar-refractivity contribution in [1.29, 1.82) is 0 Å². The third-order valence-corrected chi connectivity index (χ3v) is 2.74. The van der Waals surface area contributed by atoms with Gasteiger partial charge in [-0.15, -0.1) is 0 Å². The highest BCUT2D eigenvalue weighted by molar-refractivity contribution is 5.35. The number of hydrogen-bond acceptors (Lipinski definition) is 4. The fourth-order valence-corrected chi connectivity index (χ4v) is 1.77. The molecule has 1 aromatic carbocycles. The Labute approximate surface area is 109 Å². The molecule has 0 aliphatic heterocycles. The van der Waals surface area contributed by atoms with Crippen molar-refractivity contribution in [2.45, 2.75) is 13.0 Å². The number of rotatable bonds is 8. The fraction of sp³-hybridized carbons (Fsp3) is 0.571. The van der Waals surface area contributed by atoms with Crippen LogP contribution < -0.4 is 4.74 Å². The van der Waals surface area contributed by atoms with Crippen LogP contribution in [0.4, 0.5) is 0 Å². The molecule has 0 bridgehead atoms. The zero-order valence-corrected chi connectivity index (χ0v) is 11.4. The van der Waals surface area contributed by atoms with Crippen LogP contribution in [0.5, 0.6) is 5.75 Å². The maximum absolute atomic E-state index is 10.2. The summed E-state index contributed by atoms with van der Waals surface area (Å²) in [7, 11) is 3.64. The first kappa shape index (κ1) is 15.0. The predicted octanol–water partition coefficient (Wildman–Crippen LogP) is 1.70. The molecule has 1 rings (SSSR count). The van der Waals surface area contributed by atoms with Crippen molar-refractivity contribution < 1.29 is 14.6 Å². The second-order valence-corrected chi connectivity index (χ2v) is 4.24. The summed E-state index contributed by atoms with van der Waals surface area (Å²) in [5.74, 6) is 0.757. The standard InChI is InChI=1S/C14H23NO3/c1-4-18-14-8-6-5-7-12(14)13(16)11-15(2)9-10-17-3/h5-8,13,16H,4,9-11H2,1-3H3. The smallest absolute Gasteiger partial charge is 0.125 e. The minimum atomic E-state index is -0.547. The highest BCUT2D eigenvalue weighted by Crippen LogP contribution is 2.25. The van der Waals surface area contributed by atoms with Crippen LogP contribution in [-0.2, 0) is 4.74 Å². The average molecular weight is 253 g/mol. The molecular formula is C14H23NO3. The van der Waals surface area contributed by atoms with Gasteiger partial charge in [0, 0.05) is 25.8 Å². The summed E-state index contributed by atoms with van der Waals surface area (Å²) in [5, 5.41) is 10.2. The molecule has 0 spiro atoms. The van der Waals surface area contributed by atoms with Crippen LogP contribution in [0.25, 0.3) is 0 Å². The van der Waals surface area contributed by atoms with Gasteiger partial charge in [0.25, 0.3) is 0 Å². The first-order chi connectivity index (χ1) is 8.69. The molecule has 1 atom stereocenters. The average Bonchev–Trinajstić information content (AvgIpc) is 2.37. The van der Waals surface area contributed by atoms with Gasteiger partial charge < -0.3 is 19.5 Å². The van der Waals surface area contributed by atoms with E-state index < -0.39 is 6.10 Å². The molecule has 0 fully saturated rings. The monoisotopic (exact) mass is 253 g/mol. The van der Waals surface area contributed by atoms with Gasteiger partial charge in [-0.25, -0.2) is 0 Å². The van der Waals surface area contributed by atoms with E-state index in [9.17, 15) is 5.11 Å². The maximum atomic E-state index is 10.2. The Kier molecular flexibility index (Phi) is 6.72. The number of aliphatic hydroxyl groups is 1. The van der Waals surface area contributed by atoms with E-state index in [4.69, 9.17) is 9.47 Å². The van der Waals surface area contributed by atoms with E-state index in [1.807, 2.05) is 43.1 Å². The van der Waals surface area contributed by atoms with Gasteiger partial charge in [0.1, 0.15) is 5.75 Å². The molecule has 4 heteroatoms. The highest BCUT2D eigenvalue weighted by Gasteiger charge is 2.14. The van der Waals surface area contributed by atoms with E-state index in [0.29, 0.717) is 19.8 Å². The Bertz CT molecular complexity index is 344. The lowest BCUT2D eigenvalue weighted by Crippen LogP contribution is -2.28. The van der Waals surface area contributed by atoms with Crippen LogP contribution in [-0.4, -0.2) is 50.5 Å². The van der Waals surface area contributed by atoms with Gasteiger partial charge >= 0.3 is 0 Å². The summed E-state index contributed by atoms with van der Waals surface area (Å²) >= 11 is 0. The van der Waals surface area contributed by atoms with E-state index in [2.05, 4.69) is 0 Å². The Morgan fingerprint density at radius 1 is 1.33 bits per heavy atom. The van der Waals surface area contributed by atoms with Gasteiger partial charge in [-0.3, -0.25) is 0 Å². The minimum Gasteiger partial charge on any atom is -0.493 e. The van der Waals surface area contributed by atoms with E-state index in [1.165, 1.54) is 0 Å². The minimum absolute atomic E-state index is 0.547. The number of methoxy groups -OCH3 is 1. The topological polar surface area (TPSA) is 41.9 Å². The van der Waals surface area contributed by atoms with Crippen molar-refractivity contribution in [3.8, 4) is 5.75 Å². The van der Waals surface area contributed by atoms with Crippen LogP contribution in [0.15, 0.2) is 24.3 Å². The zero-order chi connectivity index (χ0) is 13.4. The number of hydrogen-bond donors (Lipinski definition) is 1. The summed E-state index contributed by atoms with van der Waals surface area (Å²) in [6.07, 6.45) is -0.547. The zero-order valence-electron chi connectivity index (χ0n) is 11.4. The molecule has 1 unspecified atom stereocenters. The Hall–Kier alpha value is -1.10. The quantitative estimate of drug-likeness (QED) is 0.765. The Balaban J connectivity index is 2.62. The van der Waals surface area contributed by atoms with E-state index in [0.717, 1.165) is 17.9 Å². The van der Waals surface area contributed by atoms with Crippen LogP contribution >= 0.6 is 0 Å². The molecule has 1 N–H and O–H groups in total. The summed E-state index contributed by atoms with van der Waals surface area (Å²) in [6.45, 7) is 4.56. The molecule has 0 radical (unpaired) electrons. The lowest BCUT2D eigenvalue weighted by molar-refractivity contribution is 0.101. The molecule has 18 heavy (non-hydrogen) atoms. The van der Waals surface area contributed by atoms with E-state index in [-0.39, 0.29) is 0 Å². The summed E-state index contributed by atoms with van der Waals surface area (Å²) < 4.78 is 10.5. The van der Waals surface area contributed by atoms with Crippen molar-refractivity contribution >= 4 is 0 Å². The molecule has 1 aromatic rings. The van der Waals surface area contributed by atoms with Gasteiger partial charge in [-0.05, 0) is 20.0 Å². The Morgan fingerprint density at radius 2 is 2.06 bits per heavy atom. The number of nitrogens with zero attached hydrogens (tertiary/aromatic N) is 1. The van der Waals surface area contributed by atoms with Gasteiger partial charge in [-0.1, -0.05) is 18.2 Å². The summed E-state index contributed by atoms with van der Waals surface area (Å²) in [5.41, 5.74) is 0.837. The lowest BCUT2D eigenvalue weighted by atomic mass is 10.1. The third kappa shape index (κ3) is 4.64. The first-order valence-corrected chi connectivity index (χ1v) is 6.26. The molecule has 4 nitrogen and oxygen atoms in total. The predicted molar refractivity (Wildman–Crippen MR) is 71.9 cm³/mol. The molecular weight excluding hydrogens is 230 g/mol. The molecule has 0 aliphatic carbocycles. The second-order valence-electron chi connectivity index (χ2n) is 4.24. The molecule has 0 saturated heterocycles. The van der Waals surface area contributed by atoms with Crippen LogP contribution in [0.1, 0.15) is 18.6 Å². The largest absolute Gasteiger partial charge is 0.493 e. The fourth-order valence-electron chi connectivity index (χ4n) is 1.77. The van der Waals surface area contributed by atoms with Gasteiger partial charge in [0.2, 0.25) is 0 Å². The number of benzene rings is 1. The van der Waals surface area contributed by atoms with Crippen molar-refractivity contribution in [3.05, 3.63) is 29.8 Å². The van der Waals surface area contributed by atoms with Crippen LogP contribution in [0.2, 0.25) is 0 Å². The van der Waals surface area contributed by atoms with Crippen molar-refractivity contribution in [1.82, 2.24) is 4.90 Å². The highest BCUT2D eigenvalue weighted by atomic mass is 16.5. The van der Waals surface area contributed by atoms with E-state index in [1.54, 1.807) is 7.11 Å². The third-order valence-electron chi connectivity index (χ3n) is 2.74. The van der Waals surface area contributed by atoms with E-state index >= 15 is 0 Å². The van der Waals surface area contributed by atoms with Crippen molar-refractivity contribution in [2.75, 3.05) is 40.5 Å². The molecule has 0 aromatic heterocycles. The summed E-state index contributed by atoms with van der Waals surface area (Å²) in [6, 6.07) is 7.61. The number of aliphatic hydroxyl groups excluding tert-OH is 1. The van der Waals surface area contributed by atoms with Crippen molar-refractivity contribution in [2.24, 2.45) is 0 Å². The number of ether oxygens (including phenoxy) is 2. The second kappa shape index (κ2) is 8.08. The SMILES string of the molecule is CCOc1ccccc1C(O)CN(C)CCOC. The van der Waals surface area contributed by atoms with Crippen molar-refractivity contribution in [3.63, 3.8) is 0 Å². The first-order valence-electron chi connectivity index (χ1n) is 6.26. The normalized spacial score (nSPS) is 12.7. The number of para-hydroxylation sites is 1. The summed E-state index contributed by atoms with van der Waals surface area (Å²) in [4.78, 5) is 2.04. The molecule has 102 valence electrons. The number of likely N-dealkylation sites (N-methyl/N-ethyl adjacent to an activating group) is 1. The molecule has 0 aliphatic rings. The molecule has 0 heterocycles. The molecule has 0 amide bonds. The lowest BCUT2D eigenvalue weighted by Gasteiger charge is -2.21. The maximum Gasteiger partial charge on any atom is 0.125 e. The van der Waals surface area contributed by atoms with Gasteiger partial charge in [0.15, 0.2) is 0 Å². The van der Waals surface area contributed by atoms with Crippen LogP contribution in [0, 0.1) is 0 Å². The Morgan fingerprint density at radius 3 is 2.72 bits per heavy atom. The van der Waals surface area contributed by atoms with Crippen LogP contribution in [0.3, 0.4) is 0 Å². The van der Waals surface area contributed by atoms with Gasteiger partial charge in [-0.2, -0.15) is 0 Å². The van der Waals surface area contributed by atoms with Gasteiger partial charge in [0.05, 0.1) is 19.3 Å².